The van der Waals surface area contributed by atoms with Crippen molar-refractivity contribution in [2.24, 2.45) is 5.92 Å². The summed E-state index contributed by atoms with van der Waals surface area (Å²) in [5.41, 5.74) is 1.18. The van der Waals surface area contributed by atoms with E-state index < -0.39 is 21.9 Å². The minimum Gasteiger partial charge on any atom is -0.461 e. The predicted molar refractivity (Wildman–Crippen MR) is 113 cm³/mol. The smallest absolute Gasteiger partial charge is 0.311 e. The Labute approximate surface area is 181 Å². The van der Waals surface area contributed by atoms with E-state index in [1.165, 1.54) is 45.6 Å². The average molecular weight is 449 g/mol. The Bertz CT molecular complexity index is 1030. The van der Waals surface area contributed by atoms with E-state index in [0.29, 0.717) is 24.3 Å². The molecule has 0 saturated carbocycles. The Morgan fingerprint density at radius 1 is 1.10 bits per heavy atom. The molecule has 0 N–H and O–H groups in total. The molecule has 0 spiro atoms. The number of hydrogen-bond acceptors (Lipinski definition) is 5. The fourth-order valence-electron chi connectivity index (χ4n) is 3.48. The van der Waals surface area contributed by atoms with Crippen LogP contribution in [0, 0.1) is 11.7 Å². The number of esters is 1. The van der Waals surface area contributed by atoms with Crippen LogP contribution >= 0.6 is 0 Å². The summed E-state index contributed by atoms with van der Waals surface area (Å²) in [6.45, 7) is 4.44. The first kappa shape index (κ1) is 22.9. The zero-order valence-corrected chi connectivity index (χ0v) is 18.3. The molecular weight excluding hydrogens is 423 g/mol. The van der Waals surface area contributed by atoms with Crippen molar-refractivity contribution in [1.82, 2.24) is 4.31 Å². The highest BCUT2D eigenvalue weighted by Gasteiger charge is 2.36. The molecule has 1 aliphatic rings. The van der Waals surface area contributed by atoms with Crippen molar-refractivity contribution in [3.05, 3.63) is 59.9 Å². The molecule has 166 valence electrons. The second-order valence-electron chi connectivity index (χ2n) is 7.22. The van der Waals surface area contributed by atoms with Gasteiger partial charge >= 0.3 is 5.97 Å². The van der Waals surface area contributed by atoms with Gasteiger partial charge in [-0.3, -0.25) is 9.59 Å². The number of hydrogen-bond donors (Lipinski definition) is 0. The number of anilines is 1. The van der Waals surface area contributed by atoms with Gasteiger partial charge in [-0.1, -0.05) is 26.0 Å². The zero-order valence-electron chi connectivity index (χ0n) is 17.5. The maximum Gasteiger partial charge on any atom is 0.311 e. The van der Waals surface area contributed by atoms with Crippen LogP contribution in [0.1, 0.15) is 25.8 Å². The number of sulfonamides is 1. The van der Waals surface area contributed by atoms with E-state index in [9.17, 15) is 22.4 Å². The number of halogens is 1. The summed E-state index contributed by atoms with van der Waals surface area (Å²) in [5, 5.41) is 0. The van der Waals surface area contributed by atoms with E-state index in [-0.39, 0.29) is 36.2 Å². The average Bonchev–Trinajstić information content (AvgIpc) is 3.15. The molecule has 0 bridgehead atoms. The SMILES string of the molecule is CCN(CC)S(=O)(=O)c1ccc(N2C[C@H](C(=O)OCc3ccc(F)cc3)CC2=O)cc1. The molecule has 1 saturated heterocycles. The van der Waals surface area contributed by atoms with Crippen LogP contribution in [0.3, 0.4) is 0 Å². The third kappa shape index (κ3) is 5.11. The molecule has 1 amide bonds. The normalized spacial score (nSPS) is 16.7. The molecular formula is C22H25FN2O5S. The Morgan fingerprint density at radius 3 is 2.29 bits per heavy atom. The van der Waals surface area contributed by atoms with Gasteiger partial charge in [0.1, 0.15) is 12.4 Å². The lowest BCUT2D eigenvalue weighted by Gasteiger charge is -2.20. The first-order valence-corrected chi connectivity index (χ1v) is 11.5. The van der Waals surface area contributed by atoms with E-state index >= 15 is 0 Å². The molecule has 0 radical (unpaired) electrons. The lowest BCUT2D eigenvalue weighted by Crippen LogP contribution is -2.30. The standard InChI is InChI=1S/C22H25FN2O5S/c1-3-24(4-2)31(28,29)20-11-9-19(10-12-20)25-14-17(13-21(25)26)22(27)30-15-16-5-7-18(23)8-6-16/h5-12,17H,3-4,13-15H2,1-2H3/t17-/m1/s1. The number of carbonyl (C=O) groups is 2. The van der Waals surface area contributed by atoms with E-state index in [0.717, 1.165) is 0 Å². The Kier molecular flexibility index (Phi) is 7.07. The molecule has 0 unspecified atom stereocenters. The van der Waals surface area contributed by atoms with Crippen molar-refractivity contribution in [2.75, 3.05) is 24.5 Å². The zero-order chi connectivity index (χ0) is 22.6. The van der Waals surface area contributed by atoms with Gasteiger partial charge in [0.05, 0.1) is 10.8 Å². The van der Waals surface area contributed by atoms with Gasteiger partial charge in [-0.25, -0.2) is 12.8 Å². The largest absolute Gasteiger partial charge is 0.461 e. The van der Waals surface area contributed by atoms with Gasteiger partial charge in [0.2, 0.25) is 15.9 Å². The molecule has 9 heteroatoms. The van der Waals surface area contributed by atoms with E-state index in [2.05, 4.69) is 0 Å². The first-order valence-electron chi connectivity index (χ1n) is 10.1. The maximum atomic E-state index is 13.0. The summed E-state index contributed by atoms with van der Waals surface area (Å²) in [5.74, 6) is -1.72. The number of rotatable bonds is 8. The lowest BCUT2D eigenvalue weighted by atomic mass is 10.1. The number of ether oxygens (including phenoxy) is 1. The second-order valence-corrected chi connectivity index (χ2v) is 9.16. The van der Waals surface area contributed by atoms with Crippen LogP contribution in [0.5, 0.6) is 0 Å². The third-order valence-electron chi connectivity index (χ3n) is 5.24. The lowest BCUT2D eigenvalue weighted by molar-refractivity contribution is -0.149. The molecule has 1 aliphatic heterocycles. The van der Waals surface area contributed by atoms with E-state index in [1.54, 1.807) is 26.0 Å². The van der Waals surface area contributed by atoms with Crippen LogP contribution in [-0.4, -0.2) is 44.2 Å². The summed E-state index contributed by atoms with van der Waals surface area (Å²) < 4.78 is 44.8. The van der Waals surface area contributed by atoms with Crippen LogP contribution in [0.2, 0.25) is 0 Å². The first-order chi connectivity index (χ1) is 14.8. The topological polar surface area (TPSA) is 84.0 Å². The van der Waals surface area contributed by atoms with Crippen LogP contribution in [0.25, 0.3) is 0 Å². The molecule has 2 aromatic carbocycles. The van der Waals surface area contributed by atoms with Gasteiger partial charge in [0, 0.05) is 31.7 Å². The van der Waals surface area contributed by atoms with Gasteiger partial charge in [-0.05, 0) is 42.0 Å². The highest BCUT2D eigenvalue weighted by Crippen LogP contribution is 2.28. The molecule has 1 heterocycles. The molecule has 31 heavy (non-hydrogen) atoms. The van der Waals surface area contributed by atoms with Crippen molar-refractivity contribution < 1.29 is 27.1 Å². The highest BCUT2D eigenvalue weighted by atomic mass is 32.2. The number of amides is 1. The second kappa shape index (κ2) is 9.57. The van der Waals surface area contributed by atoms with Gasteiger partial charge < -0.3 is 9.64 Å². The molecule has 1 atom stereocenters. The summed E-state index contributed by atoms with van der Waals surface area (Å²) in [7, 11) is -3.58. The highest BCUT2D eigenvalue weighted by molar-refractivity contribution is 7.89. The predicted octanol–water partition coefficient (Wildman–Crippen LogP) is 2.95. The molecule has 0 aliphatic carbocycles. The summed E-state index contributed by atoms with van der Waals surface area (Å²) in [4.78, 5) is 26.4. The monoisotopic (exact) mass is 448 g/mol. The molecule has 3 rings (SSSR count). The van der Waals surface area contributed by atoms with Crippen LogP contribution in [0.4, 0.5) is 10.1 Å². The van der Waals surface area contributed by atoms with Crippen molar-refractivity contribution >= 4 is 27.6 Å². The Balaban J connectivity index is 1.64. The van der Waals surface area contributed by atoms with Crippen LogP contribution in [-0.2, 0) is 31.0 Å². The molecule has 2 aromatic rings. The van der Waals surface area contributed by atoms with Gasteiger partial charge in [-0.2, -0.15) is 4.31 Å². The number of benzene rings is 2. The van der Waals surface area contributed by atoms with E-state index in [1.807, 2.05) is 0 Å². The van der Waals surface area contributed by atoms with Crippen molar-refractivity contribution in [3.63, 3.8) is 0 Å². The quantitative estimate of drug-likeness (QED) is 0.580. The van der Waals surface area contributed by atoms with Crippen molar-refractivity contribution in [2.45, 2.75) is 31.8 Å². The van der Waals surface area contributed by atoms with Gasteiger partial charge in [0.25, 0.3) is 0 Å². The van der Waals surface area contributed by atoms with Crippen molar-refractivity contribution in [1.29, 1.82) is 0 Å². The third-order valence-corrected chi connectivity index (χ3v) is 7.31. The number of nitrogens with zero attached hydrogens (tertiary/aromatic N) is 2. The van der Waals surface area contributed by atoms with Crippen LogP contribution < -0.4 is 4.90 Å². The fourth-order valence-corrected chi connectivity index (χ4v) is 4.94. The minimum atomic E-state index is -3.58. The maximum absolute atomic E-state index is 13.0. The molecule has 0 aromatic heterocycles. The van der Waals surface area contributed by atoms with Crippen molar-refractivity contribution in [3.8, 4) is 0 Å². The fraction of sp³-hybridized carbons (Fsp3) is 0.364. The Morgan fingerprint density at radius 2 is 1.71 bits per heavy atom. The summed E-state index contributed by atoms with van der Waals surface area (Å²) in [6.07, 6.45) is 0.0156. The molecule has 1 fully saturated rings. The summed E-state index contributed by atoms with van der Waals surface area (Å²) >= 11 is 0. The number of carbonyl (C=O) groups excluding carboxylic acids is 2. The van der Waals surface area contributed by atoms with Gasteiger partial charge in [0.15, 0.2) is 0 Å². The summed E-state index contributed by atoms with van der Waals surface area (Å²) in [6, 6.07) is 11.7. The van der Waals surface area contributed by atoms with Crippen LogP contribution in [0.15, 0.2) is 53.4 Å². The van der Waals surface area contributed by atoms with E-state index in [4.69, 9.17) is 4.74 Å². The molecule has 7 nitrogen and oxygen atoms in total. The Hall–Kier alpha value is -2.78. The van der Waals surface area contributed by atoms with Gasteiger partial charge in [-0.15, -0.1) is 0 Å². The minimum absolute atomic E-state index is 0.00170.